The number of halogens is 1. The van der Waals surface area contributed by atoms with Crippen LogP contribution < -0.4 is 0 Å². The van der Waals surface area contributed by atoms with E-state index in [0.717, 1.165) is 12.8 Å². The summed E-state index contributed by atoms with van der Waals surface area (Å²) in [4.78, 5) is 0. The first-order valence-electron chi connectivity index (χ1n) is 10.3. The predicted molar refractivity (Wildman–Crippen MR) is 122 cm³/mol. The van der Waals surface area contributed by atoms with Crippen molar-refractivity contribution in [2.24, 2.45) is 0 Å². The van der Waals surface area contributed by atoms with Crippen LogP contribution in [0.25, 0.3) is 0 Å². The highest BCUT2D eigenvalue weighted by Gasteiger charge is 2.53. The van der Waals surface area contributed by atoms with Crippen LogP contribution >= 0.6 is 11.1 Å². The zero-order chi connectivity index (χ0) is 20.2. The van der Waals surface area contributed by atoms with Gasteiger partial charge in [0.05, 0.1) is 0 Å². The van der Waals surface area contributed by atoms with E-state index in [9.17, 15) is 0 Å². The molecule has 0 aromatic heterocycles. The average Bonchev–Trinajstić information content (AvgIpc) is 2.49. The molecule has 0 aliphatic carbocycles. The lowest BCUT2D eigenvalue weighted by molar-refractivity contribution is 0.356. The van der Waals surface area contributed by atoms with Crippen LogP contribution in [-0.4, -0.2) is 24.5 Å². The summed E-state index contributed by atoms with van der Waals surface area (Å²) < 4.78 is 14.0. The molecule has 2 nitrogen and oxygen atoms in total. The Kier molecular flexibility index (Phi) is 10.2. The smallest absolute Gasteiger partial charge is 0.311 e. The molecule has 0 saturated heterocycles. The lowest BCUT2D eigenvalue weighted by atomic mass is 10.4. The molecule has 2 unspecified atom stereocenters. The molecule has 0 N–H and O–H groups in total. The summed E-state index contributed by atoms with van der Waals surface area (Å²) in [7, 11) is -6.65. The van der Waals surface area contributed by atoms with Crippen molar-refractivity contribution in [2.75, 3.05) is 0 Å². The van der Waals surface area contributed by atoms with Gasteiger partial charge in [0.1, 0.15) is 0 Å². The van der Waals surface area contributed by atoms with E-state index < -0.39 is 24.5 Å². The molecule has 25 heavy (non-hydrogen) atoms. The van der Waals surface area contributed by atoms with Crippen molar-refractivity contribution >= 4 is 35.6 Å². The normalized spacial score (nSPS) is 18.7. The summed E-state index contributed by atoms with van der Waals surface area (Å²) in [6.45, 7) is 27.5. The van der Waals surface area contributed by atoms with Crippen LogP contribution in [0.3, 0.4) is 0 Å². The largest absolute Gasteiger partial charge is 0.435 e. The van der Waals surface area contributed by atoms with Gasteiger partial charge in [-0.2, -0.15) is 0 Å². The van der Waals surface area contributed by atoms with Crippen LogP contribution in [-0.2, 0) is 8.23 Å². The SMILES string of the molecule is CCC(C)[Si](Cl)(O[Si](C)(C)O[Si](C(C)C)(C(C)C)C(C)C)C(C)CC. The van der Waals surface area contributed by atoms with E-state index >= 15 is 0 Å². The summed E-state index contributed by atoms with van der Waals surface area (Å²) in [6.07, 6.45) is 2.15. The van der Waals surface area contributed by atoms with E-state index in [1.807, 2.05) is 0 Å². The Bertz CT molecular complexity index is 368. The van der Waals surface area contributed by atoms with Gasteiger partial charge in [-0.25, -0.2) is 0 Å². The highest BCUT2D eigenvalue weighted by Crippen LogP contribution is 2.47. The molecule has 0 fully saturated rings. The lowest BCUT2D eigenvalue weighted by Crippen LogP contribution is -2.59. The maximum Gasteiger partial charge on any atom is 0.311 e. The molecular weight excluding hydrogens is 380 g/mol. The Morgan fingerprint density at radius 3 is 1.24 bits per heavy atom. The fourth-order valence-electron chi connectivity index (χ4n) is 4.42. The fraction of sp³-hybridized carbons (Fsp3) is 1.00. The molecule has 0 bridgehead atoms. The molecule has 152 valence electrons. The highest BCUT2D eigenvalue weighted by molar-refractivity contribution is 7.20. The van der Waals surface area contributed by atoms with Crippen molar-refractivity contribution in [1.29, 1.82) is 0 Å². The van der Waals surface area contributed by atoms with Crippen LogP contribution in [0.15, 0.2) is 0 Å². The van der Waals surface area contributed by atoms with E-state index in [2.05, 4.69) is 82.3 Å². The van der Waals surface area contributed by atoms with E-state index in [-0.39, 0.29) is 0 Å². The summed E-state index contributed by atoms with van der Waals surface area (Å²) in [5, 5.41) is 0. The molecule has 2 atom stereocenters. The minimum absolute atomic E-state index is 0.438. The molecule has 0 amide bonds. The third-order valence-electron chi connectivity index (χ3n) is 6.10. The second-order valence-corrected chi connectivity index (χ2v) is 24.0. The Hall–Kier alpha value is 0.861. The number of rotatable bonds is 11. The van der Waals surface area contributed by atoms with E-state index in [0.29, 0.717) is 27.7 Å². The monoisotopic (exact) mass is 424 g/mol. The van der Waals surface area contributed by atoms with Crippen LogP contribution in [0.2, 0.25) is 40.8 Å². The van der Waals surface area contributed by atoms with Crippen LogP contribution in [0.4, 0.5) is 0 Å². The molecule has 0 spiro atoms. The molecule has 6 heteroatoms. The van der Waals surface area contributed by atoms with Crippen molar-refractivity contribution in [3.05, 3.63) is 0 Å². The van der Waals surface area contributed by atoms with E-state index in [1.165, 1.54) is 0 Å². The fourth-order valence-corrected chi connectivity index (χ4v) is 24.5. The zero-order valence-corrected chi connectivity index (χ0v) is 22.8. The van der Waals surface area contributed by atoms with Gasteiger partial charge >= 0.3 is 8.56 Å². The van der Waals surface area contributed by atoms with Crippen molar-refractivity contribution < 1.29 is 8.23 Å². The van der Waals surface area contributed by atoms with Crippen molar-refractivity contribution in [3.63, 3.8) is 0 Å². The van der Waals surface area contributed by atoms with Crippen molar-refractivity contribution in [3.8, 4) is 0 Å². The number of hydrogen-bond acceptors (Lipinski definition) is 2. The van der Waals surface area contributed by atoms with E-state index in [4.69, 9.17) is 19.3 Å². The Morgan fingerprint density at radius 2 is 1.00 bits per heavy atom. The predicted octanol–water partition coefficient (Wildman–Crippen LogP) is 8.18. The quantitative estimate of drug-likeness (QED) is 0.246. The number of hydrogen-bond donors (Lipinski definition) is 0. The van der Waals surface area contributed by atoms with Crippen LogP contribution in [0.5, 0.6) is 0 Å². The van der Waals surface area contributed by atoms with Gasteiger partial charge in [0.25, 0.3) is 7.63 Å². The van der Waals surface area contributed by atoms with E-state index in [1.54, 1.807) is 0 Å². The minimum Gasteiger partial charge on any atom is -0.435 e. The molecule has 0 aromatic carbocycles. The second kappa shape index (κ2) is 9.87. The summed E-state index contributed by atoms with van der Waals surface area (Å²) in [5.41, 5.74) is 2.59. The van der Waals surface area contributed by atoms with Gasteiger partial charge in [-0.05, 0) is 40.8 Å². The molecule has 0 radical (unpaired) electrons. The maximum absolute atomic E-state index is 7.28. The Morgan fingerprint density at radius 1 is 0.680 bits per heavy atom. The van der Waals surface area contributed by atoms with Gasteiger partial charge < -0.3 is 8.23 Å². The Balaban J connectivity index is 5.80. The molecule has 0 aromatic rings. The topological polar surface area (TPSA) is 18.5 Å². The van der Waals surface area contributed by atoms with Gasteiger partial charge in [0, 0.05) is 0 Å². The minimum atomic E-state index is -2.36. The average molecular weight is 425 g/mol. The first-order valence-corrected chi connectivity index (χ1v) is 18.3. The highest BCUT2D eigenvalue weighted by atomic mass is 35.6. The van der Waals surface area contributed by atoms with Gasteiger partial charge in [-0.15, -0.1) is 11.1 Å². The van der Waals surface area contributed by atoms with Gasteiger partial charge in [-0.1, -0.05) is 82.1 Å². The molecule has 0 aliphatic heterocycles. The van der Waals surface area contributed by atoms with Crippen LogP contribution in [0, 0.1) is 0 Å². The lowest BCUT2D eigenvalue weighted by Gasteiger charge is -2.49. The molecule has 0 rings (SSSR count). The summed E-state index contributed by atoms with van der Waals surface area (Å²) >= 11 is 7.28. The molecule has 0 aliphatic rings. The molecule has 0 saturated carbocycles. The molecular formula is C19H45ClO2Si3. The standard InChI is InChI=1S/C19H45ClO2Si3/c1-13-18(9)25(20,19(10)14-2)22-23(11,12)21-24(15(3)4,16(5)6)17(7)8/h15-19H,13-14H2,1-12H3. The maximum atomic E-state index is 7.28. The van der Waals surface area contributed by atoms with Gasteiger partial charge in [0.2, 0.25) is 0 Å². The van der Waals surface area contributed by atoms with Gasteiger partial charge in [0.15, 0.2) is 8.32 Å². The summed E-state index contributed by atoms with van der Waals surface area (Å²) in [6, 6.07) is 0. The summed E-state index contributed by atoms with van der Waals surface area (Å²) in [5.74, 6) is 0. The Labute approximate surface area is 166 Å². The molecule has 0 heterocycles. The van der Waals surface area contributed by atoms with Crippen molar-refractivity contribution in [1.82, 2.24) is 0 Å². The second-order valence-electron chi connectivity index (χ2n) is 9.24. The third kappa shape index (κ3) is 5.92. The first-order chi connectivity index (χ1) is 11.2. The van der Waals surface area contributed by atoms with Crippen molar-refractivity contribution in [2.45, 2.75) is 123 Å². The van der Waals surface area contributed by atoms with Gasteiger partial charge in [-0.3, -0.25) is 0 Å². The third-order valence-corrected chi connectivity index (χ3v) is 24.5. The van der Waals surface area contributed by atoms with Crippen LogP contribution in [0.1, 0.15) is 82.1 Å². The zero-order valence-electron chi connectivity index (χ0n) is 19.0. The first kappa shape index (κ1) is 25.9.